The summed E-state index contributed by atoms with van der Waals surface area (Å²) in [4.78, 5) is 11.0. The number of carbonyl (C=O) groups is 1. The number of rotatable bonds is 5. The lowest BCUT2D eigenvalue weighted by molar-refractivity contribution is -0.132. The second-order valence-electron chi connectivity index (χ2n) is 6.32. The number of hydrogen-bond donors (Lipinski definition) is 1. The molecule has 0 radical (unpaired) electrons. The number of fused-ring (bicyclic) bond motifs is 1. The normalized spacial score (nSPS) is 11.2. The van der Waals surface area contributed by atoms with Crippen LogP contribution in [0.25, 0.3) is 28.4 Å². The van der Waals surface area contributed by atoms with Crippen LogP contribution in [-0.4, -0.2) is 11.1 Å². The fraction of sp³-hybridized carbons (Fsp3) is 0. The van der Waals surface area contributed by atoms with Crippen molar-refractivity contribution in [3.63, 3.8) is 0 Å². The molecule has 0 unspecified atom stereocenters. The number of para-hydroxylation sites is 1. The second-order valence-corrected chi connectivity index (χ2v) is 6.32. The van der Waals surface area contributed by atoms with Gasteiger partial charge >= 0.3 is 5.97 Å². The number of nitrogens with zero attached hydrogens (tertiary/aromatic N) is 1. The van der Waals surface area contributed by atoms with Gasteiger partial charge in [-0.1, -0.05) is 30.3 Å². The largest absolute Gasteiger partial charge is 0.477 e. The minimum Gasteiger partial charge on any atom is -0.477 e. The molecular weight excluding hydrogens is 366 g/mol. The zero-order chi connectivity index (χ0) is 20.2. The average molecular weight is 381 g/mol. The van der Waals surface area contributed by atoms with Crippen molar-refractivity contribution < 1.29 is 19.1 Å². The van der Waals surface area contributed by atoms with Crippen LogP contribution in [0.3, 0.4) is 0 Å². The quantitative estimate of drug-likeness (QED) is 0.344. The van der Waals surface area contributed by atoms with Crippen molar-refractivity contribution in [1.82, 2.24) is 0 Å². The zero-order valence-corrected chi connectivity index (χ0v) is 15.2. The van der Waals surface area contributed by atoms with Gasteiger partial charge in [-0.25, -0.2) is 4.79 Å². The summed E-state index contributed by atoms with van der Waals surface area (Å²) >= 11 is 0. The number of benzene rings is 3. The maximum absolute atomic E-state index is 11.0. The highest BCUT2D eigenvalue weighted by Gasteiger charge is 2.09. The number of aliphatic carboxylic acids is 1. The maximum atomic E-state index is 11.0. The van der Waals surface area contributed by atoms with Crippen LogP contribution in [0.2, 0.25) is 0 Å². The van der Waals surface area contributed by atoms with Crippen LogP contribution in [0, 0.1) is 11.3 Å². The third-order valence-corrected chi connectivity index (χ3v) is 4.32. The molecule has 0 aliphatic carbocycles. The summed E-state index contributed by atoms with van der Waals surface area (Å²) in [5.74, 6) is 0.917. The van der Waals surface area contributed by atoms with Crippen LogP contribution in [0.5, 0.6) is 11.5 Å². The van der Waals surface area contributed by atoms with Gasteiger partial charge in [0, 0.05) is 10.9 Å². The first-order valence-electron chi connectivity index (χ1n) is 8.84. The number of carboxylic acids is 1. The Labute approximate surface area is 166 Å². The van der Waals surface area contributed by atoms with E-state index in [1.165, 1.54) is 6.08 Å². The van der Waals surface area contributed by atoms with Crippen molar-refractivity contribution in [3.05, 3.63) is 90.0 Å². The van der Waals surface area contributed by atoms with E-state index < -0.39 is 5.97 Å². The highest BCUT2D eigenvalue weighted by molar-refractivity contribution is 5.97. The van der Waals surface area contributed by atoms with Crippen molar-refractivity contribution in [1.29, 1.82) is 5.26 Å². The van der Waals surface area contributed by atoms with Crippen molar-refractivity contribution >= 4 is 23.0 Å². The number of furan rings is 1. The molecule has 0 bridgehead atoms. The third-order valence-electron chi connectivity index (χ3n) is 4.32. The lowest BCUT2D eigenvalue weighted by Gasteiger charge is -2.05. The van der Waals surface area contributed by atoms with E-state index in [4.69, 9.17) is 19.5 Å². The van der Waals surface area contributed by atoms with Crippen LogP contribution < -0.4 is 4.74 Å². The van der Waals surface area contributed by atoms with E-state index in [9.17, 15) is 4.79 Å². The Balaban J connectivity index is 1.59. The molecule has 0 atom stereocenters. The van der Waals surface area contributed by atoms with Crippen LogP contribution >= 0.6 is 0 Å². The summed E-state index contributed by atoms with van der Waals surface area (Å²) in [5, 5.41) is 18.8. The molecule has 140 valence electrons. The van der Waals surface area contributed by atoms with Crippen molar-refractivity contribution in [2.45, 2.75) is 0 Å². The van der Waals surface area contributed by atoms with Gasteiger partial charge in [0.05, 0.1) is 0 Å². The summed E-state index contributed by atoms with van der Waals surface area (Å²) in [6.07, 6.45) is 1.32. The van der Waals surface area contributed by atoms with Gasteiger partial charge in [-0.15, -0.1) is 0 Å². The van der Waals surface area contributed by atoms with E-state index in [2.05, 4.69) is 0 Å². The number of nitriles is 1. The Hall–Kier alpha value is -4.30. The molecule has 1 N–H and O–H groups in total. The molecule has 5 nitrogen and oxygen atoms in total. The number of carboxylic acid groups (broad SMARTS) is 1. The predicted octanol–water partition coefficient (Wildman–Crippen LogP) is 5.88. The molecule has 0 aliphatic heterocycles. The smallest absolute Gasteiger partial charge is 0.346 e. The fourth-order valence-electron chi connectivity index (χ4n) is 2.90. The van der Waals surface area contributed by atoms with E-state index in [1.54, 1.807) is 18.2 Å². The fourth-order valence-corrected chi connectivity index (χ4v) is 2.90. The Morgan fingerprint density at radius 3 is 2.38 bits per heavy atom. The molecule has 29 heavy (non-hydrogen) atoms. The van der Waals surface area contributed by atoms with Crippen molar-refractivity contribution in [2.24, 2.45) is 0 Å². The number of ether oxygens (including phenoxy) is 1. The zero-order valence-electron chi connectivity index (χ0n) is 15.2. The molecule has 3 aromatic carbocycles. The van der Waals surface area contributed by atoms with Gasteiger partial charge in [0.15, 0.2) is 0 Å². The van der Waals surface area contributed by atoms with Crippen LogP contribution in [-0.2, 0) is 4.79 Å². The molecule has 0 spiro atoms. The third kappa shape index (κ3) is 4.02. The maximum Gasteiger partial charge on any atom is 0.346 e. The Morgan fingerprint density at radius 2 is 1.69 bits per heavy atom. The van der Waals surface area contributed by atoms with Crippen LogP contribution in [0.15, 0.2) is 88.9 Å². The summed E-state index contributed by atoms with van der Waals surface area (Å²) in [7, 11) is 0. The van der Waals surface area contributed by atoms with E-state index in [0.29, 0.717) is 16.9 Å². The van der Waals surface area contributed by atoms with E-state index in [-0.39, 0.29) is 5.57 Å². The Morgan fingerprint density at radius 1 is 0.966 bits per heavy atom. The van der Waals surface area contributed by atoms with Crippen molar-refractivity contribution in [3.8, 4) is 28.9 Å². The van der Waals surface area contributed by atoms with Gasteiger partial charge in [0.1, 0.15) is 34.5 Å². The van der Waals surface area contributed by atoms with Gasteiger partial charge in [0.2, 0.25) is 0 Å². The molecular formula is C24H15NO4. The van der Waals surface area contributed by atoms with Crippen LogP contribution in [0.4, 0.5) is 0 Å². The lowest BCUT2D eigenvalue weighted by atomic mass is 10.1. The molecule has 1 aromatic heterocycles. The molecule has 4 aromatic rings. The van der Waals surface area contributed by atoms with Crippen molar-refractivity contribution in [2.75, 3.05) is 0 Å². The minimum atomic E-state index is -1.26. The van der Waals surface area contributed by atoms with E-state index >= 15 is 0 Å². The Kier molecular flexibility index (Phi) is 4.83. The molecule has 5 heteroatoms. The topological polar surface area (TPSA) is 83.5 Å². The summed E-state index contributed by atoms with van der Waals surface area (Å²) < 4.78 is 11.7. The first-order valence-corrected chi connectivity index (χ1v) is 8.84. The lowest BCUT2D eigenvalue weighted by Crippen LogP contribution is -1.97. The van der Waals surface area contributed by atoms with Gasteiger partial charge < -0.3 is 14.3 Å². The van der Waals surface area contributed by atoms with Gasteiger partial charge in [-0.2, -0.15) is 5.26 Å². The second kappa shape index (κ2) is 7.75. The molecule has 4 rings (SSSR count). The average Bonchev–Trinajstić information content (AvgIpc) is 3.16. The first-order chi connectivity index (χ1) is 14.1. The van der Waals surface area contributed by atoms with Gasteiger partial charge in [-0.05, 0) is 60.2 Å². The number of hydrogen-bond acceptors (Lipinski definition) is 4. The monoisotopic (exact) mass is 381 g/mol. The standard InChI is InChI=1S/C24H15NO4/c25-15-19(24(26)27)12-16-6-7-18-14-23(29-22(18)13-16)17-8-10-21(11-9-17)28-20-4-2-1-3-5-20/h1-14H,(H,26,27). The Bertz CT molecular complexity index is 1250. The molecule has 0 aliphatic rings. The van der Waals surface area contributed by atoms with Crippen LogP contribution in [0.1, 0.15) is 5.56 Å². The minimum absolute atomic E-state index is 0.329. The molecule has 0 fully saturated rings. The highest BCUT2D eigenvalue weighted by Crippen LogP contribution is 2.31. The molecule has 0 saturated carbocycles. The van der Waals surface area contributed by atoms with E-state index in [1.807, 2.05) is 66.7 Å². The predicted molar refractivity (Wildman–Crippen MR) is 109 cm³/mol. The summed E-state index contributed by atoms with van der Waals surface area (Å²) in [6, 6.07) is 26.0. The van der Waals surface area contributed by atoms with E-state index in [0.717, 1.165) is 22.4 Å². The summed E-state index contributed by atoms with van der Waals surface area (Å²) in [5.41, 5.74) is 1.76. The van der Waals surface area contributed by atoms with Gasteiger partial charge in [-0.3, -0.25) is 0 Å². The summed E-state index contributed by atoms with van der Waals surface area (Å²) in [6.45, 7) is 0. The highest BCUT2D eigenvalue weighted by atomic mass is 16.5. The molecule has 0 amide bonds. The SMILES string of the molecule is N#CC(=Cc1ccc2cc(-c3ccc(Oc4ccccc4)cc3)oc2c1)C(=O)O. The molecule has 1 heterocycles. The first kappa shape index (κ1) is 18.1. The van der Waals surface area contributed by atoms with Gasteiger partial charge in [0.25, 0.3) is 0 Å². The molecule has 0 saturated heterocycles.